The molecule has 186 valence electrons. The maximum absolute atomic E-state index is 5.78. The van der Waals surface area contributed by atoms with Crippen molar-refractivity contribution < 1.29 is 13.9 Å². The average molecular weight is 487 g/mol. The summed E-state index contributed by atoms with van der Waals surface area (Å²) in [6, 6.07) is 7.88. The molecule has 0 unspecified atom stereocenters. The van der Waals surface area contributed by atoms with Gasteiger partial charge in [0.2, 0.25) is 5.95 Å². The van der Waals surface area contributed by atoms with E-state index in [1.165, 1.54) is 0 Å². The molecule has 2 saturated heterocycles. The molecule has 2 aliphatic heterocycles. The van der Waals surface area contributed by atoms with Crippen LogP contribution in [-0.4, -0.2) is 53.3 Å². The summed E-state index contributed by atoms with van der Waals surface area (Å²) in [5, 5.41) is 4.31. The van der Waals surface area contributed by atoms with Crippen molar-refractivity contribution in [1.29, 1.82) is 0 Å². The maximum Gasteiger partial charge on any atom is 0.227 e. The van der Waals surface area contributed by atoms with E-state index in [-0.39, 0.29) is 0 Å². The summed E-state index contributed by atoms with van der Waals surface area (Å²) in [7, 11) is 1.64. The van der Waals surface area contributed by atoms with E-state index in [0.717, 1.165) is 84.3 Å². The van der Waals surface area contributed by atoms with Crippen molar-refractivity contribution in [3.05, 3.63) is 47.7 Å². The van der Waals surface area contributed by atoms with E-state index in [0.29, 0.717) is 23.0 Å². The summed E-state index contributed by atoms with van der Waals surface area (Å²) in [5.74, 6) is 3.45. The molecular formula is C27H30N6O3. The minimum Gasteiger partial charge on any atom is -0.495 e. The van der Waals surface area contributed by atoms with E-state index in [1.807, 2.05) is 51.2 Å². The number of ether oxygens (including phenoxy) is 2. The van der Waals surface area contributed by atoms with Gasteiger partial charge >= 0.3 is 0 Å². The largest absolute Gasteiger partial charge is 0.495 e. The van der Waals surface area contributed by atoms with E-state index in [4.69, 9.17) is 23.9 Å². The monoisotopic (exact) mass is 486 g/mol. The summed E-state index contributed by atoms with van der Waals surface area (Å²) in [6.45, 7) is 9.47. The van der Waals surface area contributed by atoms with Gasteiger partial charge in [0.25, 0.3) is 0 Å². The van der Waals surface area contributed by atoms with E-state index in [2.05, 4.69) is 20.2 Å². The molecule has 1 spiro atoms. The molecule has 4 aromatic rings. The van der Waals surface area contributed by atoms with Crippen LogP contribution in [0, 0.1) is 26.2 Å². The lowest BCUT2D eigenvalue weighted by Crippen LogP contribution is -2.59. The van der Waals surface area contributed by atoms with Gasteiger partial charge in [-0.2, -0.15) is 0 Å². The number of hydrogen-bond acceptors (Lipinski definition) is 9. The van der Waals surface area contributed by atoms with Crippen LogP contribution in [0.4, 0.5) is 17.5 Å². The van der Waals surface area contributed by atoms with Gasteiger partial charge in [0.15, 0.2) is 17.5 Å². The Bertz CT molecular complexity index is 1440. The number of fused-ring (bicyclic) bond motifs is 1. The summed E-state index contributed by atoms with van der Waals surface area (Å²) < 4.78 is 17.0. The van der Waals surface area contributed by atoms with Gasteiger partial charge in [0.1, 0.15) is 11.3 Å². The van der Waals surface area contributed by atoms with Gasteiger partial charge < -0.3 is 24.1 Å². The number of pyridine rings is 1. The van der Waals surface area contributed by atoms with Crippen LogP contribution in [0.2, 0.25) is 0 Å². The van der Waals surface area contributed by atoms with Crippen molar-refractivity contribution in [2.75, 3.05) is 43.6 Å². The first-order chi connectivity index (χ1) is 17.4. The van der Waals surface area contributed by atoms with Crippen LogP contribution in [0.15, 0.2) is 34.9 Å². The average Bonchev–Trinajstić information content (AvgIpc) is 3.20. The molecule has 0 amide bonds. The van der Waals surface area contributed by atoms with Crippen molar-refractivity contribution >= 4 is 28.4 Å². The second-order valence-corrected chi connectivity index (χ2v) is 9.87. The smallest absolute Gasteiger partial charge is 0.227 e. The highest BCUT2D eigenvalue weighted by Gasteiger charge is 2.45. The van der Waals surface area contributed by atoms with Gasteiger partial charge in [-0.15, -0.1) is 0 Å². The third kappa shape index (κ3) is 4.03. The standard InChI is InChI=1S/C27H30N6O3/c1-16-11-20-13-28-26(32-23(20)25(29-16)33-14-27(15-33)7-9-35-10-8-27)31-21-6-5-19(12-22(21)34-4)24-17(2)30-18(3)36-24/h5-6,11-13H,7-10,14-15H2,1-4H3,(H,28,31,32). The van der Waals surface area contributed by atoms with E-state index < -0.39 is 0 Å². The van der Waals surface area contributed by atoms with Gasteiger partial charge in [-0.1, -0.05) is 0 Å². The fraction of sp³-hybridized carbons (Fsp3) is 0.407. The Balaban J connectivity index is 1.30. The molecule has 3 aromatic heterocycles. The van der Waals surface area contributed by atoms with Gasteiger partial charge in [-0.25, -0.2) is 19.9 Å². The molecule has 0 bridgehead atoms. The summed E-state index contributed by atoms with van der Waals surface area (Å²) in [5.41, 5.74) is 4.67. The minimum absolute atomic E-state index is 0.347. The van der Waals surface area contributed by atoms with E-state index >= 15 is 0 Å². The van der Waals surface area contributed by atoms with Crippen LogP contribution in [0.5, 0.6) is 5.75 Å². The lowest BCUT2D eigenvalue weighted by atomic mass is 9.73. The Morgan fingerprint density at radius 3 is 2.56 bits per heavy atom. The number of nitrogens with one attached hydrogen (secondary N) is 1. The number of rotatable bonds is 5. The van der Waals surface area contributed by atoms with Gasteiger partial charge in [-0.05, 0) is 51.0 Å². The van der Waals surface area contributed by atoms with Crippen molar-refractivity contribution in [3.63, 3.8) is 0 Å². The zero-order valence-corrected chi connectivity index (χ0v) is 21.1. The second kappa shape index (κ2) is 8.74. The maximum atomic E-state index is 5.78. The van der Waals surface area contributed by atoms with Crippen LogP contribution < -0.4 is 15.0 Å². The summed E-state index contributed by atoms with van der Waals surface area (Å²) >= 11 is 0. The first kappa shape index (κ1) is 22.7. The molecule has 0 aliphatic carbocycles. The first-order valence-corrected chi connectivity index (χ1v) is 12.3. The molecule has 5 heterocycles. The number of aryl methyl sites for hydroxylation is 3. The predicted molar refractivity (Wildman–Crippen MR) is 138 cm³/mol. The van der Waals surface area contributed by atoms with Crippen molar-refractivity contribution in [1.82, 2.24) is 19.9 Å². The topological polar surface area (TPSA) is 98.4 Å². The SMILES string of the molecule is COc1cc(-c2oc(C)nc2C)ccc1Nc1ncc2cc(C)nc(N3CC4(CCOCC4)C3)c2n1. The lowest BCUT2D eigenvalue weighted by molar-refractivity contribution is -0.000372. The van der Waals surface area contributed by atoms with E-state index in [9.17, 15) is 0 Å². The Labute approximate surface area is 209 Å². The van der Waals surface area contributed by atoms with Crippen molar-refractivity contribution in [2.45, 2.75) is 33.6 Å². The highest BCUT2D eigenvalue weighted by atomic mass is 16.5. The zero-order valence-electron chi connectivity index (χ0n) is 21.1. The fourth-order valence-corrected chi connectivity index (χ4v) is 5.32. The molecule has 6 rings (SSSR count). The molecule has 1 aromatic carbocycles. The number of anilines is 3. The van der Waals surface area contributed by atoms with Crippen molar-refractivity contribution in [2.24, 2.45) is 5.41 Å². The minimum atomic E-state index is 0.347. The second-order valence-electron chi connectivity index (χ2n) is 9.87. The Hall–Kier alpha value is -3.72. The van der Waals surface area contributed by atoms with Gasteiger partial charge in [-0.3, -0.25) is 0 Å². The number of oxazole rings is 1. The third-order valence-corrected chi connectivity index (χ3v) is 7.19. The van der Waals surface area contributed by atoms with Gasteiger partial charge in [0.05, 0.1) is 18.5 Å². The Kier molecular flexibility index (Phi) is 5.52. The van der Waals surface area contributed by atoms with Crippen molar-refractivity contribution in [3.8, 4) is 17.1 Å². The Morgan fingerprint density at radius 2 is 1.83 bits per heavy atom. The van der Waals surface area contributed by atoms with Crippen LogP contribution in [-0.2, 0) is 4.74 Å². The van der Waals surface area contributed by atoms with E-state index in [1.54, 1.807) is 7.11 Å². The number of methoxy groups -OCH3 is 1. The molecule has 36 heavy (non-hydrogen) atoms. The first-order valence-electron chi connectivity index (χ1n) is 12.3. The highest BCUT2D eigenvalue weighted by molar-refractivity contribution is 5.90. The summed E-state index contributed by atoms with van der Waals surface area (Å²) in [6.07, 6.45) is 4.07. The Morgan fingerprint density at radius 1 is 1.03 bits per heavy atom. The van der Waals surface area contributed by atoms with Crippen LogP contribution in [0.1, 0.15) is 30.1 Å². The normalized spacial score (nSPS) is 16.8. The predicted octanol–water partition coefficient (Wildman–Crippen LogP) is 4.97. The highest BCUT2D eigenvalue weighted by Crippen LogP contribution is 2.43. The third-order valence-electron chi connectivity index (χ3n) is 7.19. The lowest BCUT2D eigenvalue weighted by Gasteiger charge is -2.52. The molecule has 1 N–H and O–H groups in total. The molecule has 9 nitrogen and oxygen atoms in total. The fourth-order valence-electron chi connectivity index (χ4n) is 5.32. The molecule has 9 heteroatoms. The number of nitrogens with zero attached hydrogens (tertiary/aromatic N) is 5. The quantitative estimate of drug-likeness (QED) is 0.419. The van der Waals surface area contributed by atoms with Crippen LogP contribution >= 0.6 is 0 Å². The molecule has 2 aliphatic rings. The summed E-state index contributed by atoms with van der Waals surface area (Å²) in [4.78, 5) is 21.0. The molecular weight excluding hydrogens is 456 g/mol. The molecule has 0 atom stereocenters. The van der Waals surface area contributed by atoms with Crippen LogP contribution in [0.3, 0.4) is 0 Å². The number of aromatic nitrogens is 4. The number of benzene rings is 1. The van der Waals surface area contributed by atoms with Crippen LogP contribution in [0.25, 0.3) is 22.2 Å². The zero-order chi connectivity index (χ0) is 24.9. The molecule has 0 radical (unpaired) electrons. The van der Waals surface area contributed by atoms with Gasteiger partial charge in [0, 0.05) is 61.5 Å². The molecule has 2 fully saturated rings. The molecule has 0 saturated carbocycles. The number of hydrogen-bond donors (Lipinski definition) is 1.